The number of hydrogen-bond donors (Lipinski definition) is 1. The van der Waals surface area contributed by atoms with Gasteiger partial charge in [0.15, 0.2) is 5.82 Å². The first kappa shape index (κ1) is 15.6. The van der Waals surface area contributed by atoms with Gasteiger partial charge in [0.25, 0.3) is 5.56 Å². The zero-order chi connectivity index (χ0) is 16.8. The van der Waals surface area contributed by atoms with Crippen LogP contribution in [0.2, 0.25) is 0 Å². The molecule has 1 N–H and O–H groups in total. The van der Waals surface area contributed by atoms with Crippen molar-refractivity contribution in [3.63, 3.8) is 0 Å². The predicted octanol–water partition coefficient (Wildman–Crippen LogP) is 2.49. The molecule has 0 aromatic carbocycles. The Kier molecular flexibility index (Phi) is 3.66. The molecule has 1 aliphatic rings. The van der Waals surface area contributed by atoms with Crippen molar-refractivity contribution < 1.29 is 13.9 Å². The maximum atomic E-state index is 13.5. The molecule has 1 aliphatic heterocycles. The van der Waals surface area contributed by atoms with Gasteiger partial charge in [-0.2, -0.15) is 0 Å². The van der Waals surface area contributed by atoms with Gasteiger partial charge in [-0.25, -0.2) is 9.18 Å². The Labute approximate surface area is 132 Å². The van der Waals surface area contributed by atoms with Crippen molar-refractivity contribution in [3.8, 4) is 0 Å². The summed E-state index contributed by atoms with van der Waals surface area (Å²) in [7, 11) is 0. The second-order valence-corrected chi connectivity index (χ2v) is 6.87. The normalized spacial score (nSPS) is 18.6. The van der Waals surface area contributed by atoms with Gasteiger partial charge in [-0.3, -0.25) is 4.79 Å². The largest absolute Gasteiger partial charge is 0.444 e. The minimum Gasteiger partial charge on any atom is -0.444 e. The van der Waals surface area contributed by atoms with Gasteiger partial charge in [0, 0.05) is 37.1 Å². The van der Waals surface area contributed by atoms with Crippen LogP contribution in [0.15, 0.2) is 23.3 Å². The summed E-state index contributed by atoms with van der Waals surface area (Å²) >= 11 is 0. The highest BCUT2D eigenvalue weighted by atomic mass is 19.1. The van der Waals surface area contributed by atoms with Crippen molar-refractivity contribution in [1.29, 1.82) is 0 Å². The van der Waals surface area contributed by atoms with Crippen molar-refractivity contribution in [2.45, 2.75) is 38.7 Å². The molecule has 23 heavy (non-hydrogen) atoms. The molecule has 7 heteroatoms. The molecule has 0 aliphatic carbocycles. The minimum atomic E-state index is -0.542. The van der Waals surface area contributed by atoms with Gasteiger partial charge in [-0.05, 0) is 33.3 Å². The molecule has 2 aromatic heterocycles. The molecular weight excluding hydrogens is 301 g/mol. The van der Waals surface area contributed by atoms with Crippen molar-refractivity contribution in [1.82, 2.24) is 14.3 Å². The van der Waals surface area contributed by atoms with E-state index in [2.05, 4.69) is 4.98 Å². The van der Waals surface area contributed by atoms with Gasteiger partial charge in [0.2, 0.25) is 0 Å². The summed E-state index contributed by atoms with van der Waals surface area (Å²) in [6.07, 6.45) is 3.60. The van der Waals surface area contributed by atoms with Crippen molar-refractivity contribution in [2.75, 3.05) is 13.1 Å². The van der Waals surface area contributed by atoms with Crippen molar-refractivity contribution in [2.24, 2.45) is 0 Å². The quantitative estimate of drug-likeness (QED) is 0.877. The van der Waals surface area contributed by atoms with Gasteiger partial charge >= 0.3 is 6.09 Å². The number of rotatable bonds is 1. The molecular formula is C16H20FN3O3. The molecule has 2 aromatic rings. The number of aromatic amines is 1. The van der Waals surface area contributed by atoms with E-state index in [0.29, 0.717) is 18.8 Å². The molecule has 1 amide bonds. The average Bonchev–Trinajstić information content (AvgIpc) is 3.04. The lowest BCUT2D eigenvalue weighted by atomic mass is 10.1. The number of H-pyrrole nitrogens is 1. The molecule has 0 spiro atoms. The van der Waals surface area contributed by atoms with Crippen LogP contribution in [0, 0.1) is 5.82 Å². The third-order valence-corrected chi connectivity index (χ3v) is 3.90. The Morgan fingerprint density at radius 3 is 2.87 bits per heavy atom. The molecule has 1 atom stereocenters. The fourth-order valence-electron chi connectivity index (χ4n) is 2.84. The van der Waals surface area contributed by atoms with E-state index in [0.717, 1.165) is 6.42 Å². The molecule has 0 saturated carbocycles. The van der Waals surface area contributed by atoms with Crippen LogP contribution >= 0.6 is 0 Å². The highest BCUT2D eigenvalue weighted by Crippen LogP contribution is 2.26. The second-order valence-electron chi connectivity index (χ2n) is 6.87. The molecule has 0 radical (unpaired) electrons. The summed E-state index contributed by atoms with van der Waals surface area (Å²) in [5, 5.41) is 0. The van der Waals surface area contributed by atoms with E-state index in [1.165, 1.54) is 16.7 Å². The molecule has 1 fully saturated rings. The van der Waals surface area contributed by atoms with Crippen LogP contribution < -0.4 is 5.56 Å². The third kappa shape index (κ3) is 3.09. The van der Waals surface area contributed by atoms with Crippen LogP contribution in [-0.4, -0.2) is 39.1 Å². The minimum absolute atomic E-state index is 0.00470. The SMILES string of the molecule is CC(C)(C)OC(=O)N1CCC(c2cn3ccc(F)c3c(=O)[nH]2)C1. The Hall–Kier alpha value is -2.31. The number of nitrogens with zero attached hydrogens (tertiary/aromatic N) is 2. The predicted molar refractivity (Wildman–Crippen MR) is 83.1 cm³/mol. The van der Waals surface area contributed by atoms with Crippen LogP contribution in [0.25, 0.3) is 5.52 Å². The van der Waals surface area contributed by atoms with Crippen LogP contribution in [0.1, 0.15) is 38.8 Å². The molecule has 3 heterocycles. The van der Waals surface area contributed by atoms with E-state index in [4.69, 9.17) is 4.74 Å². The number of fused-ring (bicyclic) bond motifs is 1. The number of hydrogen-bond acceptors (Lipinski definition) is 3. The van der Waals surface area contributed by atoms with Crippen molar-refractivity contribution >= 4 is 11.6 Å². The fourth-order valence-corrected chi connectivity index (χ4v) is 2.84. The Morgan fingerprint density at radius 1 is 1.43 bits per heavy atom. The lowest BCUT2D eigenvalue weighted by Crippen LogP contribution is -2.35. The van der Waals surface area contributed by atoms with Gasteiger partial charge in [-0.15, -0.1) is 0 Å². The maximum absolute atomic E-state index is 13.5. The van der Waals surface area contributed by atoms with E-state index >= 15 is 0 Å². The summed E-state index contributed by atoms with van der Waals surface area (Å²) in [6.45, 7) is 6.51. The summed E-state index contributed by atoms with van der Waals surface area (Å²) in [5.74, 6) is -0.537. The summed E-state index contributed by atoms with van der Waals surface area (Å²) in [6, 6.07) is 1.26. The first-order chi connectivity index (χ1) is 10.7. The molecule has 124 valence electrons. The molecule has 0 bridgehead atoms. The van der Waals surface area contributed by atoms with Crippen LogP contribution in [0.3, 0.4) is 0 Å². The van der Waals surface area contributed by atoms with Gasteiger partial charge in [0.05, 0.1) is 0 Å². The zero-order valence-electron chi connectivity index (χ0n) is 13.4. The summed E-state index contributed by atoms with van der Waals surface area (Å²) in [4.78, 5) is 28.5. The first-order valence-electron chi connectivity index (χ1n) is 7.62. The molecule has 1 saturated heterocycles. The van der Waals surface area contributed by atoms with E-state index in [1.54, 1.807) is 11.1 Å². The number of carbonyl (C=O) groups excluding carboxylic acids is 1. The summed E-state index contributed by atoms with van der Waals surface area (Å²) < 4.78 is 20.4. The summed E-state index contributed by atoms with van der Waals surface area (Å²) in [5.41, 5.74) is -0.286. The smallest absolute Gasteiger partial charge is 0.410 e. The number of amides is 1. The zero-order valence-corrected chi connectivity index (χ0v) is 13.4. The third-order valence-electron chi connectivity index (χ3n) is 3.90. The van der Waals surface area contributed by atoms with E-state index in [9.17, 15) is 14.0 Å². The van der Waals surface area contributed by atoms with Crippen LogP contribution in [0.4, 0.5) is 9.18 Å². The van der Waals surface area contributed by atoms with E-state index in [-0.39, 0.29) is 17.5 Å². The molecule has 1 unspecified atom stereocenters. The maximum Gasteiger partial charge on any atom is 0.410 e. The second kappa shape index (κ2) is 5.40. The van der Waals surface area contributed by atoms with Gasteiger partial charge < -0.3 is 19.0 Å². The Bertz CT molecular complexity index is 803. The number of nitrogens with one attached hydrogen (secondary N) is 1. The highest BCUT2D eigenvalue weighted by molar-refractivity contribution is 5.68. The molecule has 3 rings (SSSR count). The van der Waals surface area contributed by atoms with Gasteiger partial charge in [-0.1, -0.05) is 0 Å². The van der Waals surface area contributed by atoms with Crippen LogP contribution in [0.5, 0.6) is 0 Å². The number of carbonyl (C=O) groups is 1. The Morgan fingerprint density at radius 2 is 2.17 bits per heavy atom. The number of aromatic nitrogens is 2. The Balaban J connectivity index is 1.79. The topological polar surface area (TPSA) is 66.8 Å². The molecule has 6 nitrogen and oxygen atoms in total. The fraction of sp³-hybridized carbons (Fsp3) is 0.500. The van der Waals surface area contributed by atoms with Crippen LogP contribution in [-0.2, 0) is 4.74 Å². The van der Waals surface area contributed by atoms with E-state index in [1.807, 2.05) is 20.8 Å². The highest BCUT2D eigenvalue weighted by Gasteiger charge is 2.31. The average molecular weight is 321 g/mol. The lowest BCUT2D eigenvalue weighted by molar-refractivity contribution is 0.0292. The lowest BCUT2D eigenvalue weighted by Gasteiger charge is -2.24. The standard InChI is InChI=1S/C16H20FN3O3/c1-16(2,3)23-15(22)20-6-4-10(8-20)12-9-19-7-5-11(17)13(19)14(21)18-12/h5,7,9-10H,4,6,8H2,1-3H3,(H,18,21). The monoisotopic (exact) mass is 321 g/mol. The number of likely N-dealkylation sites (tertiary alicyclic amines) is 1. The number of halogens is 1. The van der Waals surface area contributed by atoms with Gasteiger partial charge in [0.1, 0.15) is 11.1 Å². The number of ether oxygens (including phenoxy) is 1. The first-order valence-corrected chi connectivity index (χ1v) is 7.62. The van der Waals surface area contributed by atoms with Crippen molar-refractivity contribution in [3.05, 3.63) is 40.3 Å². The van der Waals surface area contributed by atoms with E-state index < -0.39 is 17.0 Å².